The Hall–Kier alpha value is -2.21. The molecule has 1 amide bonds. The molecule has 24 heavy (non-hydrogen) atoms. The van der Waals surface area contributed by atoms with Gasteiger partial charge in [0.05, 0.1) is 12.7 Å². The highest BCUT2D eigenvalue weighted by Crippen LogP contribution is 2.41. The van der Waals surface area contributed by atoms with Gasteiger partial charge >= 0.3 is 0 Å². The van der Waals surface area contributed by atoms with Crippen LogP contribution in [0.2, 0.25) is 0 Å². The zero-order valence-corrected chi connectivity index (χ0v) is 13.6. The first-order valence-electron chi connectivity index (χ1n) is 8.54. The fourth-order valence-corrected chi connectivity index (χ4v) is 3.16. The van der Waals surface area contributed by atoms with E-state index < -0.39 is 0 Å². The summed E-state index contributed by atoms with van der Waals surface area (Å²) in [5, 5.41) is 0. The summed E-state index contributed by atoms with van der Waals surface area (Å²) >= 11 is 0. The van der Waals surface area contributed by atoms with Crippen LogP contribution in [0, 0.1) is 0 Å². The largest absolute Gasteiger partial charge is 0.447 e. The molecule has 2 aromatic rings. The van der Waals surface area contributed by atoms with E-state index in [1.165, 1.54) is 6.39 Å². The molecule has 3 heterocycles. The van der Waals surface area contributed by atoms with Crippen molar-refractivity contribution in [3.05, 3.63) is 47.9 Å². The molecule has 1 atom stereocenters. The van der Waals surface area contributed by atoms with E-state index in [-0.39, 0.29) is 12.0 Å². The SMILES string of the molecule is O=C(c1ncoc1C1CC1)N1CCC[C@@H](OCc2cccnc2)C1. The topological polar surface area (TPSA) is 68.5 Å². The van der Waals surface area contributed by atoms with Crippen molar-refractivity contribution in [1.29, 1.82) is 0 Å². The quantitative estimate of drug-likeness (QED) is 0.844. The van der Waals surface area contributed by atoms with Crippen LogP contribution in [0.4, 0.5) is 0 Å². The van der Waals surface area contributed by atoms with E-state index in [1.807, 2.05) is 23.2 Å². The van der Waals surface area contributed by atoms with Crippen molar-refractivity contribution in [3.8, 4) is 0 Å². The van der Waals surface area contributed by atoms with Crippen molar-refractivity contribution in [2.75, 3.05) is 13.1 Å². The van der Waals surface area contributed by atoms with Crippen LogP contribution in [0.25, 0.3) is 0 Å². The van der Waals surface area contributed by atoms with Crippen LogP contribution in [0.3, 0.4) is 0 Å². The van der Waals surface area contributed by atoms with E-state index in [2.05, 4.69) is 9.97 Å². The predicted molar refractivity (Wildman–Crippen MR) is 86.4 cm³/mol. The Morgan fingerprint density at radius 3 is 3.08 bits per heavy atom. The molecule has 2 fully saturated rings. The second kappa shape index (κ2) is 6.73. The van der Waals surface area contributed by atoms with Gasteiger partial charge in [0.15, 0.2) is 12.1 Å². The van der Waals surface area contributed by atoms with Gasteiger partial charge in [0.25, 0.3) is 5.91 Å². The number of pyridine rings is 1. The molecule has 1 saturated carbocycles. The number of amides is 1. The molecule has 6 heteroatoms. The smallest absolute Gasteiger partial charge is 0.276 e. The van der Waals surface area contributed by atoms with Gasteiger partial charge in [0.1, 0.15) is 5.76 Å². The lowest BCUT2D eigenvalue weighted by Gasteiger charge is -2.32. The first-order valence-corrected chi connectivity index (χ1v) is 8.54. The number of likely N-dealkylation sites (tertiary alicyclic amines) is 1. The zero-order chi connectivity index (χ0) is 16.4. The van der Waals surface area contributed by atoms with Gasteiger partial charge in [-0.3, -0.25) is 9.78 Å². The van der Waals surface area contributed by atoms with Gasteiger partial charge in [0, 0.05) is 31.4 Å². The standard InChI is InChI=1S/C18H21N3O3/c22-18(16-17(14-5-6-14)24-12-20-16)21-8-2-4-15(10-21)23-11-13-3-1-7-19-9-13/h1,3,7,9,12,14-15H,2,4-6,8,10-11H2/t15-/m1/s1. The maximum absolute atomic E-state index is 12.8. The number of hydrogen-bond acceptors (Lipinski definition) is 5. The molecular formula is C18H21N3O3. The lowest BCUT2D eigenvalue weighted by molar-refractivity contribution is -0.00701. The molecule has 0 N–H and O–H groups in total. The minimum atomic E-state index is -0.0275. The van der Waals surface area contributed by atoms with Gasteiger partial charge in [-0.05, 0) is 37.3 Å². The highest BCUT2D eigenvalue weighted by Gasteiger charge is 2.35. The molecule has 0 spiro atoms. The van der Waals surface area contributed by atoms with E-state index in [0.29, 0.717) is 24.8 Å². The Kier molecular flexibility index (Phi) is 4.30. The number of ether oxygens (including phenoxy) is 1. The molecule has 0 bridgehead atoms. The molecule has 0 aromatic carbocycles. The first-order chi connectivity index (χ1) is 11.8. The summed E-state index contributed by atoms with van der Waals surface area (Å²) in [5.41, 5.74) is 1.54. The van der Waals surface area contributed by atoms with Gasteiger partial charge in [-0.2, -0.15) is 0 Å². The second-order valence-corrected chi connectivity index (χ2v) is 6.53. The third-order valence-corrected chi connectivity index (χ3v) is 4.62. The lowest BCUT2D eigenvalue weighted by Crippen LogP contribution is -2.43. The Morgan fingerprint density at radius 1 is 1.38 bits per heavy atom. The highest BCUT2D eigenvalue weighted by atomic mass is 16.5. The molecule has 6 nitrogen and oxygen atoms in total. The molecule has 2 aromatic heterocycles. The van der Waals surface area contributed by atoms with Crippen molar-refractivity contribution < 1.29 is 13.9 Å². The third-order valence-electron chi connectivity index (χ3n) is 4.62. The van der Waals surface area contributed by atoms with Gasteiger partial charge < -0.3 is 14.1 Å². The fourth-order valence-electron chi connectivity index (χ4n) is 3.16. The summed E-state index contributed by atoms with van der Waals surface area (Å²) < 4.78 is 11.4. The minimum Gasteiger partial charge on any atom is -0.447 e. The lowest BCUT2D eigenvalue weighted by atomic mass is 10.1. The summed E-state index contributed by atoms with van der Waals surface area (Å²) in [6.07, 6.45) is 9.10. The van der Waals surface area contributed by atoms with Crippen LogP contribution < -0.4 is 0 Å². The van der Waals surface area contributed by atoms with Crippen LogP contribution in [-0.2, 0) is 11.3 Å². The van der Waals surface area contributed by atoms with Gasteiger partial charge in [-0.1, -0.05) is 6.07 Å². The van der Waals surface area contributed by atoms with Gasteiger partial charge in [0.2, 0.25) is 0 Å². The van der Waals surface area contributed by atoms with E-state index >= 15 is 0 Å². The van der Waals surface area contributed by atoms with E-state index in [9.17, 15) is 4.79 Å². The minimum absolute atomic E-state index is 0.0275. The molecule has 0 radical (unpaired) electrons. The van der Waals surface area contributed by atoms with Crippen LogP contribution in [-0.4, -0.2) is 40.0 Å². The Bertz CT molecular complexity index is 697. The molecule has 1 aliphatic carbocycles. The van der Waals surface area contributed by atoms with Crippen LogP contribution in [0.5, 0.6) is 0 Å². The average Bonchev–Trinajstić information content (AvgIpc) is 3.37. The summed E-state index contributed by atoms with van der Waals surface area (Å²) in [7, 11) is 0. The van der Waals surface area contributed by atoms with Crippen LogP contribution in [0.15, 0.2) is 35.3 Å². The zero-order valence-electron chi connectivity index (χ0n) is 13.6. The van der Waals surface area contributed by atoms with E-state index in [0.717, 1.165) is 43.6 Å². The summed E-state index contributed by atoms with van der Waals surface area (Å²) in [5.74, 6) is 1.12. The van der Waals surface area contributed by atoms with Crippen LogP contribution >= 0.6 is 0 Å². The molecular weight excluding hydrogens is 306 g/mol. The molecule has 126 valence electrons. The first kappa shape index (κ1) is 15.3. The number of carbonyl (C=O) groups is 1. The highest BCUT2D eigenvalue weighted by molar-refractivity contribution is 5.93. The number of carbonyl (C=O) groups excluding carboxylic acids is 1. The second-order valence-electron chi connectivity index (χ2n) is 6.53. The monoisotopic (exact) mass is 327 g/mol. The summed E-state index contributed by atoms with van der Waals surface area (Å²) in [4.78, 5) is 22.9. The molecule has 1 saturated heterocycles. The van der Waals surface area contributed by atoms with Crippen molar-refractivity contribution in [1.82, 2.24) is 14.9 Å². The molecule has 2 aliphatic rings. The molecule has 1 aliphatic heterocycles. The number of rotatable bonds is 5. The molecule has 0 unspecified atom stereocenters. The van der Waals surface area contributed by atoms with Crippen molar-refractivity contribution >= 4 is 5.91 Å². The third kappa shape index (κ3) is 3.33. The van der Waals surface area contributed by atoms with Crippen LogP contribution in [0.1, 0.15) is 53.4 Å². The Labute approximate surface area is 140 Å². The molecule has 4 rings (SSSR count). The van der Waals surface area contributed by atoms with Crippen molar-refractivity contribution in [2.45, 2.75) is 44.3 Å². The van der Waals surface area contributed by atoms with Gasteiger partial charge in [-0.15, -0.1) is 0 Å². The fraction of sp³-hybridized carbons (Fsp3) is 0.500. The van der Waals surface area contributed by atoms with Crippen molar-refractivity contribution in [3.63, 3.8) is 0 Å². The maximum Gasteiger partial charge on any atom is 0.276 e. The number of piperidine rings is 1. The summed E-state index contributed by atoms with van der Waals surface area (Å²) in [6.45, 7) is 1.89. The van der Waals surface area contributed by atoms with Gasteiger partial charge in [-0.25, -0.2) is 4.98 Å². The maximum atomic E-state index is 12.8. The normalized spacial score (nSPS) is 21.0. The number of hydrogen-bond donors (Lipinski definition) is 0. The van der Waals surface area contributed by atoms with E-state index in [4.69, 9.17) is 9.15 Å². The number of nitrogens with zero attached hydrogens (tertiary/aromatic N) is 3. The van der Waals surface area contributed by atoms with Crippen molar-refractivity contribution in [2.24, 2.45) is 0 Å². The Morgan fingerprint density at radius 2 is 2.29 bits per heavy atom. The predicted octanol–water partition coefficient (Wildman–Crippen LogP) is 2.77. The Balaban J connectivity index is 1.37. The number of oxazole rings is 1. The summed E-state index contributed by atoms with van der Waals surface area (Å²) in [6, 6.07) is 3.90. The van der Waals surface area contributed by atoms with E-state index in [1.54, 1.807) is 6.20 Å². The number of aromatic nitrogens is 2. The average molecular weight is 327 g/mol.